The molecule has 0 aliphatic carbocycles. The number of hydrogen-bond donors (Lipinski definition) is 1. The number of hydrogen-bond acceptors (Lipinski definition) is 2. The standard InChI is InChI=1S/C20H20ClNO3/c1-20(2,14-7-5-8-15(21)10-14)19(25)22-11-13-6-3-4-9-16(13)17(12-22)18(23)24/h3-10,17H,11-12H2,1-2H3,(H,23,24). The minimum Gasteiger partial charge on any atom is -0.481 e. The Balaban J connectivity index is 1.94. The van der Waals surface area contributed by atoms with Crippen molar-refractivity contribution in [3.8, 4) is 0 Å². The molecule has 0 bridgehead atoms. The van der Waals surface area contributed by atoms with E-state index in [9.17, 15) is 14.7 Å². The summed E-state index contributed by atoms with van der Waals surface area (Å²) in [6.07, 6.45) is 0. The molecule has 1 unspecified atom stereocenters. The number of aliphatic carboxylic acids is 1. The number of fused-ring (bicyclic) bond motifs is 1. The van der Waals surface area contributed by atoms with Crippen LogP contribution >= 0.6 is 11.6 Å². The van der Waals surface area contributed by atoms with E-state index in [1.165, 1.54) is 0 Å². The van der Waals surface area contributed by atoms with Gasteiger partial charge in [-0.05, 0) is 42.7 Å². The first kappa shape index (κ1) is 17.5. The third-order valence-electron chi connectivity index (χ3n) is 4.86. The van der Waals surface area contributed by atoms with Crippen molar-refractivity contribution >= 4 is 23.5 Å². The second-order valence-corrected chi connectivity index (χ2v) is 7.35. The van der Waals surface area contributed by atoms with E-state index in [1.807, 2.05) is 50.2 Å². The Kier molecular flexibility index (Phi) is 4.56. The molecule has 25 heavy (non-hydrogen) atoms. The van der Waals surface area contributed by atoms with Crippen molar-refractivity contribution in [2.45, 2.75) is 31.7 Å². The third kappa shape index (κ3) is 3.27. The SMILES string of the molecule is CC(C)(C(=O)N1Cc2ccccc2C(C(=O)O)C1)c1cccc(Cl)c1. The third-order valence-corrected chi connectivity index (χ3v) is 5.10. The molecule has 0 spiro atoms. The first-order valence-electron chi connectivity index (χ1n) is 8.16. The summed E-state index contributed by atoms with van der Waals surface area (Å²) in [7, 11) is 0. The van der Waals surface area contributed by atoms with E-state index in [2.05, 4.69) is 0 Å². The predicted octanol–water partition coefficient (Wildman–Crippen LogP) is 3.83. The van der Waals surface area contributed by atoms with Crippen LogP contribution in [0.2, 0.25) is 5.02 Å². The highest BCUT2D eigenvalue weighted by Gasteiger charge is 2.39. The van der Waals surface area contributed by atoms with Crippen molar-refractivity contribution < 1.29 is 14.7 Å². The van der Waals surface area contributed by atoms with Gasteiger partial charge in [0.25, 0.3) is 0 Å². The van der Waals surface area contributed by atoms with Gasteiger partial charge in [0.1, 0.15) is 0 Å². The molecule has 1 amide bonds. The Morgan fingerprint density at radius 1 is 1.16 bits per heavy atom. The van der Waals surface area contributed by atoms with Crippen molar-refractivity contribution in [2.75, 3.05) is 6.54 Å². The van der Waals surface area contributed by atoms with Gasteiger partial charge >= 0.3 is 5.97 Å². The number of benzene rings is 2. The van der Waals surface area contributed by atoms with Crippen LogP contribution in [0.1, 0.15) is 36.5 Å². The van der Waals surface area contributed by atoms with Gasteiger partial charge in [-0.1, -0.05) is 48.0 Å². The molecule has 0 aromatic heterocycles. The monoisotopic (exact) mass is 357 g/mol. The van der Waals surface area contributed by atoms with Crippen LogP contribution in [0.25, 0.3) is 0 Å². The molecule has 1 aliphatic heterocycles. The molecule has 4 nitrogen and oxygen atoms in total. The number of carboxylic acid groups (broad SMARTS) is 1. The van der Waals surface area contributed by atoms with Crippen molar-refractivity contribution in [3.05, 3.63) is 70.2 Å². The van der Waals surface area contributed by atoms with Gasteiger partial charge in [0, 0.05) is 18.1 Å². The highest BCUT2D eigenvalue weighted by Crippen LogP contribution is 2.33. The summed E-state index contributed by atoms with van der Waals surface area (Å²) >= 11 is 6.07. The fourth-order valence-electron chi connectivity index (χ4n) is 3.37. The maximum atomic E-state index is 13.2. The average molecular weight is 358 g/mol. The molecule has 130 valence electrons. The Bertz CT molecular complexity index is 831. The van der Waals surface area contributed by atoms with E-state index in [4.69, 9.17) is 11.6 Å². The first-order chi connectivity index (χ1) is 11.8. The summed E-state index contributed by atoms with van der Waals surface area (Å²) < 4.78 is 0. The molecule has 5 heteroatoms. The number of rotatable bonds is 3. The molecule has 0 fully saturated rings. The average Bonchev–Trinajstić information content (AvgIpc) is 2.60. The molecular formula is C20H20ClNO3. The Morgan fingerprint density at radius 2 is 1.88 bits per heavy atom. The Hall–Kier alpha value is -2.33. The second kappa shape index (κ2) is 6.52. The van der Waals surface area contributed by atoms with Crippen LogP contribution in [-0.4, -0.2) is 28.4 Å². The lowest BCUT2D eigenvalue weighted by atomic mass is 9.81. The summed E-state index contributed by atoms with van der Waals surface area (Å²) in [5.41, 5.74) is 1.70. The van der Waals surface area contributed by atoms with Crippen LogP contribution in [0.15, 0.2) is 48.5 Å². The topological polar surface area (TPSA) is 57.6 Å². The molecule has 0 radical (unpaired) electrons. The molecule has 2 aromatic carbocycles. The van der Waals surface area contributed by atoms with Crippen LogP contribution in [0.3, 0.4) is 0 Å². The Labute approximate surface area is 152 Å². The lowest BCUT2D eigenvalue weighted by Crippen LogP contribution is -2.47. The van der Waals surface area contributed by atoms with Crippen molar-refractivity contribution in [1.29, 1.82) is 0 Å². The van der Waals surface area contributed by atoms with E-state index in [-0.39, 0.29) is 12.5 Å². The second-order valence-electron chi connectivity index (χ2n) is 6.91. The van der Waals surface area contributed by atoms with E-state index >= 15 is 0 Å². The van der Waals surface area contributed by atoms with E-state index in [1.54, 1.807) is 17.0 Å². The molecule has 1 N–H and O–H groups in total. The molecular weight excluding hydrogens is 338 g/mol. The lowest BCUT2D eigenvalue weighted by molar-refractivity contribution is -0.143. The normalized spacial score (nSPS) is 17.1. The van der Waals surface area contributed by atoms with Crippen LogP contribution < -0.4 is 0 Å². The molecule has 1 heterocycles. The van der Waals surface area contributed by atoms with Gasteiger partial charge < -0.3 is 10.0 Å². The fraction of sp³-hybridized carbons (Fsp3) is 0.300. The van der Waals surface area contributed by atoms with Crippen LogP contribution in [-0.2, 0) is 21.5 Å². The maximum Gasteiger partial charge on any atom is 0.312 e. The summed E-state index contributed by atoms with van der Waals surface area (Å²) in [5.74, 6) is -1.72. The van der Waals surface area contributed by atoms with Gasteiger partial charge in [-0.15, -0.1) is 0 Å². The first-order valence-corrected chi connectivity index (χ1v) is 8.54. The molecule has 0 saturated carbocycles. The van der Waals surface area contributed by atoms with Crippen LogP contribution in [0, 0.1) is 0 Å². The number of nitrogens with zero attached hydrogens (tertiary/aromatic N) is 1. The van der Waals surface area contributed by atoms with E-state index < -0.39 is 17.3 Å². The zero-order valence-corrected chi connectivity index (χ0v) is 15.0. The zero-order valence-electron chi connectivity index (χ0n) is 14.2. The van der Waals surface area contributed by atoms with Gasteiger partial charge in [-0.2, -0.15) is 0 Å². The minimum atomic E-state index is -0.912. The number of carbonyl (C=O) groups excluding carboxylic acids is 1. The van der Waals surface area contributed by atoms with Crippen LogP contribution in [0.5, 0.6) is 0 Å². The van der Waals surface area contributed by atoms with Gasteiger partial charge in [0.15, 0.2) is 0 Å². The largest absolute Gasteiger partial charge is 0.481 e. The number of carboxylic acids is 1. The van der Waals surface area contributed by atoms with E-state index in [0.717, 1.165) is 16.7 Å². The smallest absolute Gasteiger partial charge is 0.312 e. The van der Waals surface area contributed by atoms with Crippen molar-refractivity contribution in [3.63, 3.8) is 0 Å². The predicted molar refractivity (Wildman–Crippen MR) is 96.7 cm³/mol. The lowest BCUT2D eigenvalue weighted by Gasteiger charge is -2.37. The van der Waals surface area contributed by atoms with Crippen molar-refractivity contribution in [1.82, 2.24) is 4.90 Å². The molecule has 1 atom stereocenters. The zero-order chi connectivity index (χ0) is 18.2. The van der Waals surface area contributed by atoms with Gasteiger partial charge in [-0.3, -0.25) is 9.59 Å². The Morgan fingerprint density at radius 3 is 2.56 bits per heavy atom. The summed E-state index contributed by atoms with van der Waals surface area (Å²) in [6, 6.07) is 14.7. The molecule has 2 aromatic rings. The fourth-order valence-corrected chi connectivity index (χ4v) is 3.56. The summed E-state index contributed by atoms with van der Waals surface area (Å²) in [6.45, 7) is 4.28. The molecule has 1 aliphatic rings. The summed E-state index contributed by atoms with van der Waals surface area (Å²) in [5, 5.41) is 10.2. The molecule has 3 rings (SSSR count). The number of halogens is 1. The van der Waals surface area contributed by atoms with Gasteiger partial charge in [0.05, 0.1) is 11.3 Å². The maximum absolute atomic E-state index is 13.2. The molecule has 0 saturated heterocycles. The summed E-state index contributed by atoms with van der Waals surface area (Å²) in [4.78, 5) is 26.5. The number of amides is 1. The minimum absolute atomic E-state index is 0.101. The quantitative estimate of drug-likeness (QED) is 0.908. The highest BCUT2D eigenvalue weighted by molar-refractivity contribution is 6.30. The van der Waals surface area contributed by atoms with Gasteiger partial charge in [-0.25, -0.2) is 0 Å². The number of carbonyl (C=O) groups is 2. The van der Waals surface area contributed by atoms with Crippen molar-refractivity contribution in [2.24, 2.45) is 0 Å². The highest BCUT2D eigenvalue weighted by atomic mass is 35.5. The van der Waals surface area contributed by atoms with E-state index in [0.29, 0.717) is 11.6 Å². The van der Waals surface area contributed by atoms with Gasteiger partial charge in [0.2, 0.25) is 5.91 Å². The van der Waals surface area contributed by atoms with Crippen LogP contribution in [0.4, 0.5) is 0 Å².